The second-order valence-corrected chi connectivity index (χ2v) is 7.11. The smallest absolute Gasteiger partial charge is 0.244 e. The van der Waals surface area contributed by atoms with Crippen molar-refractivity contribution in [1.82, 2.24) is 4.90 Å². The number of sulfone groups is 1. The van der Waals surface area contributed by atoms with Crippen LogP contribution in [0.5, 0.6) is 0 Å². The molecule has 1 aromatic rings. The molecule has 1 amide bonds. The van der Waals surface area contributed by atoms with Crippen LogP contribution in [0.4, 0.5) is 0 Å². The van der Waals surface area contributed by atoms with Crippen molar-refractivity contribution in [3.05, 3.63) is 35.9 Å². The minimum Gasteiger partial charge on any atom is -0.336 e. The zero-order valence-electron chi connectivity index (χ0n) is 10.8. The molecule has 1 aromatic carbocycles. The molecule has 2 rings (SSSR count). The van der Waals surface area contributed by atoms with Crippen LogP contribution >= 0.6 is 0 Å². The van der Waals surface area contributed by atoms with E-state index in [4.69, 9.17) is 5.73 Å². The molecular weight excluding hydrogens is 264 g/mol. The van der Waals surface area contributed by atoms with E-state index in [9.17, 15) is 13.2 Å². The summed E-state index contributed by atoms with van der Waals surface area (Å²) < 4.78 is 23.0. The highest BCUT2D eigenvalue weighted by molar-refractivity contribution is 7.91. The lowest BCUT2D eigenvalue weighted by atomic mass is 10.1. The predicted octanol–water partition coefficient (Wildman–Crippen LogP) is 0.332. The number of hydrogen-bond donors (Lipinski definition) is 1. The van der Waals surface area contributed by atoms with Gasteiger partial charge < -0.3 is 10.6 Å². The molecule has 2 atom stereocenters. The lowest BCUT2D eigenvalue weighted by Crippen LogP contribution is -2.52. The van der Waals surface area contributed by atoms with Crippen LogP contribution in [0.3, 0.4) is 0 Å². The van der Waals surface area contributed by atoms with Gasteiger partial charge in [-0.1, -0.05) is 30.3 Å². The molecule has 104 valence electrons. The summed E-state index contributed by atoms with van der Waals surface area (Å²) in [4.78, 5) is 13.9. The molecule has 0 aliphatic carbocycles. The molecule has 1 fully saturated rings. The van der Waals surface area contributed by atoms with E-state index in [0.717, 1.165) is 5.56 Å². The number of rotatable bonds is 2. The summed E-state index contributed by atoms with van der Waals surface area (Å²) in [5.74, 6) is -0.182. The summed E-state index contributed by atoms with van der Waals surface area (Å²) in [6.45, 7) is 1.97. The van der Waals surface area contributed by atoms with Crippen LogP contribution in [-0.2, 0) is 14.6 Å². The lowest BCUT2D eigenvalue weighted by Gasteiger charge is -2.34. The number of carbonyl (C=O) groups is 1. The molecule has 1 saturated heterocycles. The molecule has 0 aromatic heterocycles. The fourth-order valence-corrected chi connectivity index (χ4v) is 3.86. The van der Waals surface area contributed by atoms with Gasteiger partial charge in [0.05, 0.1) is 11.5 Å². The molecule has 6 heteroatoms. The van der Waals surface area contributed by atoms with Crippen molar-refractivity contribution in [2.24, 2.45) is 5.73 Å². The minimum absolute atomic E-state index is 0.0141. The number of nitrogens with zero attached hydrogens (tertiary/aromatic N) is 1. The largest absolute Gasteiger partial charge is 0.336 e. The van der Waals surface area contributed by atoms with Crippen LogP contribution in [0.1, 0.15) is 18.5 Å². The SMILES string of the molecule is C[C@H]1CS(=O)(=O)CCN1C(=O)[C@H](N)c1ccccc1. The Balaban J connectivity index is 2.12. The van der Waals surface area contributed by atoms with Crippen molar-refractivity contribution in [3.8, 4) is 0 Å². The first-order chi connectivity index (χ1) is 8.91. The zero-order chi connectivity index (χ0) is 14.0. The second-order valence-electron chi connectivity index (χ2n) is 4.88. The first kappa shape index (κ1) is 14.0. The van der Waals surface area contributed by atoms with Gasteiger partial charge in [0, 0.05) is 12.6 Å². The van der Waals surface area contributed by atoms with E-state index in [2.05, 4.69) is 0 Å². The Morgan fingerprint density at radius 3 is 2.58 bits per heavy atom. The van der Waals surface area contributed by atoms with Crippen molar-refractivity contribution in [1.29, 1.82) is 0 Å². The van der Waals surface area contributed by atoms with Crippen LogP contribution in [0.15, 0.2) is 30.3 Å². The maximum absolute atomic E-state index is 12.3. The Labute approximate surface area is 113 Å². The van der Waals surface area contributed by atoms with Crippen LogP contribution in [-0.4, -0.2) is 43.3 Å². The fraction of sp³-hybridized carbons (Fsp3) is 0.462. The Morgan fingerprint density at radius 2 is 2.00 bits per heavy atom. The van der Waals surface area contributed by atoms with Crippen molar-refractivity contribution in [3.63, 3.8) is 0 Å². The van der Waals surface area contributed by atoms with Crippen molar-refractivity contribution in [2.45, 2.75) is 19.0 Å². The van der Waals surface area contributed by atoms with Crippen LogP contribution in [0.2, 0.25) is 0 Å². The maximum Gasteiger partial charge on any atom is 0.244 e. The molecule has 2 N–H and O–H groups in total. The topological polar surface area (TPSA) is 80.5 Å². The Bertz CT molecular complexity index is 557. The molecule has 1 aliphatic rings. The highest BCUT2D eigenvalue weighted by Crippen LogP contribution is 2.18. The molecule has 1 aliphatic heterocycles. The summed E-state index contributed by atoms with van der Waals surface area (Å²) >= 11 is 0. The second kappa shape index (κ2) is 5.30. The quantitative estimate of drug-likeness (QED) is 0.847. The Morgan fingerprint density at radius 1 is 1.37 bits per heavy atom. The van der Waals surface area contributed by atoms with Crippen molar-refractivity contribution < 1.29 is 13.2 Å². The first-order valence-corrected chi connectivity index (χ1v) is 8.04. The molecule has 0 unspecified atom stereocenters. The Hall–Kier alpha value is -1.40. The highest BCUT2D eigenvalue weighted by Gasteiger charge is 2.33. The summed E-state index contributed by atoms with van der Waals surface area (Å²) in [6, 6.07) is 8.06. The van der Waals surface area contributed by atoms with Crippen molar-refractivity contribution in [2.75, 3.05) is 18.1 Å². The third-order valence-corrected chi connectivity index (χ3v) is 5.17. The van der Waals surface area contributed by atoms with E-state index in [1.165, 1.54) is 0 Å². The standard InChI is InChI=1S/C13H18N2O3S/c1-10-9-19(17,18)8-7-15(10)13(16)12(14)11-5-3-2-4-6-11/h2-6,10,12H,7-9,14H2,1H3/t10-,12+/m0/s1. The van der Waals surface area contributed by atoms with E-state index in [1.54, 1.807) is 24.0 Å². The molecular formula is C13H18N2O3S. The number of benzene rings is 1. The van der Waals surface area contributed by atoms with Gasteiger partial charge in [-0.25, -0.2) is 8.42 Å². The number of carbonyl (C=O) groups excluding carboxylic acids is 1. The molecule has 5 nitrogen and oxygen atoms in total. The molecule has 0 bridgehead atoms. The van der Waals surface area contributed by atoms with Gasteiger partial charge in [0.25, 0.3) is 0 Å². The lowest BCUT2D eigenvalue weighted by molar-refractivity contribution is -0.134. The molecule has 0 radical (unpaired) electrons. The fourth-order valence-electron chi connectivity index (χ4n) is 2.31. The van der Waals surface area contributed by atoms with Gasteiger partial charge in [-0.2, -0.15) is 0 Å². The summed E-state index contributed by atoms with van der Waals surface area (Å²) in [5, 5.41) is 0. The van der Waals surface area contributed by atoms with E-state index in [1.807, 2.05) is 18.2 Å². The minimum atomic E-state index is -3.02. The van der Waals surface area contributed by atoms with Crippen LogP contribution in [0, 0.1) is 0 Å². The van der Waals surface area contributed by atoms with Gasteiger partial charge in [-0.05, 0) is 12.5 Å². The van der Waals surface area contributed by atoms with E-state index >= 15 is 0 Å². The summed E-state index contributed by atoms with van der Waals surface area (Å²) in [6.07, 6.45) is 0. The number of nitrogens with two attached hydrogens (primary N) is 1. The van der Waals surface area contributed by atoms with Gasteiger partial charge in [0.2, 0.25) is 5.91 Å². The van der Waals surface area contributed by atoms with Gasteiger partial charge in [0.15, 0.2) is 9.84 Å². The molecule has 19 heavy (non-hydrogen) atoms. The predicted molar refractivity (Wildman–Crippen MR) is 73.2 cm³/mol. The van der Waals surface area contributed by atoms with Gasteiger partial charge in [-0.15, -0.1) is 0 Å². The zero-order valence-corrected chi connectivity index (χ0v) is 11.6. The average Bonchev–Trinajstić information content (AvgIpc) is 2.37. The third kappa shape index (κ3) is 3.13. The highest BCUT2D eigenvalue weighted by atomic mass is 32.2. The van der Waals surface area contributed by atoms with Gasteiger partial charge >= 0.3 is 0 Å². The van der Waals surface area contributed by atoms with Gasteiger partial charge in [0.1, 0.15) is 6.04 Å². The maximum atomic E-state index is 12.3. The van der Waals surface area contributed by atoms with E-state index < -0.39 is 15.9 Å². The molecule has 1 heterocycles. The van der Waals surface area contributed by atoms with Crippen LogP contribution in [0.25, 0.3) is 0 Å². The Kier molecular flexibility index (Phi) is 3.91. The first-order valence-electron chi connectivity index (χ1n) is 6.22. The van der Waals surface area contributed by atoms with Crippen molar-refractivity contribution >= 4 is 15.7 Å². The van der Waals surface area contributed by atoms with E-state index in [0.29, 0.717) is 0 Å². The van der Waals surface area contributed by atoms with Gasteiger partial charge in [-0.3, -0.25) is 4.79 Å². The normalized spacial score (nSPS) is 23.9. The molecule has 0 saturated carbocycles. The number of amides is 1. The summed E-state index contributed by atoms with van der Waals surface area (Å²) in [5.41, 5.74) is 6.70. The average molecular weight is 282 g/mol. The number of hydrogen-bond acceptors (Lipinski definition) is 4. The van der Waals surface area contributed by atoms with E-state index in [-0.39, 0.29) is 30.0 Å². The van der Waals surface area contributed by atoms with Crippen LogP contribution < -0.4 is 5.73 Å². The third-order valence-electron chi connectivity index (χ3n) is 3.38. The molecule has 0 spiro atoms. The summed E-state index contributed by atoms with van der Waals surface area (Å²) in [7, 11) is -3.02. The monoisotopic (exact) mass is 282 g/mol.